The molecule has 1 amide bonds. The Morgan fingerprint density at radius 3 is 2.46 bits per heavy atom. The normalized spacial score (nSPS) is 11.4. The van der Waals surface area contributed by atoms with Crippen molar-refractivity contribution in [2.24, 2.45) is 0 Å². The summed E-state index contributed by atoms with van der Waals surface area (Å²) in [6.07, 6.45) is 1.15. The van der Waals surface area contributed by atoms with Gasteiger partial charge in [-0.15, -0.1) is 5.10 Å². The topological polar surface area (TPSA) is 111 Å². The van der Waals surface area contributed by atoms with Crippen molar-refractivity contribution < 1.29 is 22.4 Å². The third-order valence-electron chi connectivity index (χ3n) is 3.64. The standard InChI is InChI=1S/C19H19N3O5S/c1-12(2)26-15-9-7-13(8-10-15)17(23)20-19-22-21-18(27-19)14-5-4-6-16(11-14)28(3,24)25/h4-12H,1-3H3,(H,20,22,23). The highest BCUT2D eigenvalue weighted by molar-refractivity contribution is 7.90. The van der Waals surface area contributed by atoms with Crippen LogP contribution in [0.1, 0.15) is 24.2 Å². The number of nitrogens with one attached hydrogen (secondary N) is 1. The van der Waals surface area contributed by atoms with Crippen LogP contribution in [-0.2, 0) is 9.84 Å². The first-order valence-corrected chi connectivity index (χ1v) is 10.3. The van der Waals surface area contributed by atoms with Crippen LogP contribution in [0.15, 0.2) is 57.8 Å². The summed E-state index contributed by atoms with van der Waals surface area (Å²) in [6.45, 7) is 3.83. The zero-order chi connectivity index (χ0) is 20.3. The van der Waals surface area contributed by atoms with Gasteiger partial charge in [-0.3, -0.25) is 10.1 Å². The largest absolute Gasteiger partial charge is 0.491 e. The molecule has 0 saturated carbocycles. The maximum absolute atomic E-state index is 12.3. The minimum Gasteiger partial charge on any atom is -0.491 e. The van der Waals surface area contributed by atoms with Gasteiger partial charge in [-0.25, -0.2) is 8.42 Å². The molecule has 28 heavy (non-hydrogen) atoms. The lowest BCUT2D eigenvalue weighted by Gasteiger charge is -2.09. The lowest BCUT2D eigenvalue weighted by molar-refractivity contribution is 0.102. The highest BCUT2D eigenvalue weighted by Gasteiger charge is 2.15. The van der Waals surface area contributed by atoms with Crippen molar-refractivity contribution in [3.8, 4) is 17.2 Å². The fourth-order valence-corrected chi connectivity index (χ4v) is 3.04. The molecule has 1 heterocycles. The van der Waals surface area contributed by atoms with E-state index < -0.39 is 15.7 Å². The molecule has 0 atom stereocenters. The van der Waals surface area contributed by atoms with Crippen molar-refractivity contribution in [3.05, 3.63) is 54.1 Å². The number of hydrogen-bond donors (Lipinski definition) is 1. The zero-order valence-electron chi connectivity index (χ0n) is 15.5. The van der Waals surface area contributed by atoms with E-state index in [0.29, 0.717) is 16.9 Å². The molecule has 0 saturated heterocycles. The molecule has 3 rings (SSSR count). The van der Waals surface area contributed by atoms with E-state index >= 15 is 0 Å². The molecule has 3 aromatic rings. The number of rotatable bonds is 6. The molecule has 0 bridgehead atoms. The fourth-order valence-electron chi connectivity index (χ4n) is 2.38. The summed E-state index contributed by atoms with van der Waals surface area (Å²) in [7, 11) is -3.36. The molecule has 2 aromatic carbocycles. The molecule has 0 radical (unpaired) electrons. The van der Waals surface area contributed by atoms with Crippen molar-refractivity contribution >= 4 is 21.8 Å². The van der Waals surface area contributed by atoms with Gasteiger partial charge in [0.1, 0.15) is 5.75 Å². The van der Waals surface area contributed by atoms with E-state index in [4.69, 9.17) is 9.15 Å². The molecule has 0 aliphatic rings. The lowest BCUT2D eigenvalue weighted by atomic mass is 10.2. The van der Waals surface area contributed by atoms with E-state index in [0.717, 1.165) is 6.26 Å². The number of carbonyl (C=O) groups is 1. The number of ether oxygens (including phenoxy) is 1. The summed E-state index contributed by atoms with van der Waals surface area (Å²) >= 11 is 0. The van der Waals surface area contributed by atoms with Gasteiger partial charge in [0.15, 0.2) is 9.84 Å². The third-order valence-corrected chi connectivity index (χ3v) is 4.75. The summed E-state index contributed by atoms with van der Waals surface area (Å²) in [4.78, 5) is 12.5. The predicted octanol–water partition coefficient (Wildman–Crippen LogP) is 3.18. The second-order valence-electron chi connectivity index (χ2n) is 6.36. The summed E-state index contributed by atoms with van der Waals surface area (Å²) < 4.78 is 34.3. The SMILES string of the molecule is CC(C)Oc1ccc(C(=O)Nc2nnc(-c3cccc(S(C)(=O)=O)c3)o2)cc1. The van der Waals surface area contributed by atoms with Gasteiger partial charge >= 0.3 is 6.01 Å². The highest BCUT2D eigenvalue weighted by Crippen LogP contribution is 2.23. The van der Waals surface area contributed by atoms with Gasteiger partial charge in [0.05, 0.1) is 11.0 Å². The van der Waals surface area contributed by atoms with E-state index in [1.807, 2.05) is 13.8 Å². The first-order chi connectivity index (χ1) is 13.2. The Kier molecular flexibility index (Phi) is 5.46. The molecule has 9 heteroatoms. The predicted molar refractivity (Wildman–Crippen MR) is 103 cm³/mol. The first kappa shape index (κ1) is 19.6. The molecule has 1 aromatic heterocycles. The van der Waals surface area contributed by atoms with Crippen LogP contribution in [0.4, 0.5) is 6.01 Å². The minimum absolute atomic E-state index is 0.0395. The van der Waals surface area contributed by atoms with Gasteiger partial charge in [-0.1, -0.05) is 11.2 Å². The molecular weight excluding hydrogens is 382 g/mol. The van der Waals surface area contributed by atoms with E-state index in [1.54, 1.807) is 36.4 Å². The molecule has 0 aliphatic carbocycles. The van der Waals surface area contributed by atoms with Gasteiger partial charge in [0.25, 0.3) is 5.91 Å². The number of anilines is 1. The Balaban J connectivity index is 1.73. The second kappa shape index (κ2) is 7.81. The fraction of sp³-hybridized carbons (Fsp3) is 0.211. The van der Waals surface area contributed by atoms with Gasteiger partial charge in [0, 0.05) is 17.4 Å². The Hall–Kier alpha value is -3.20. The number of benzene rings is 2. The molecule has 0 fully saturated rings. The van der Waals surface area contributed by atoms with Crippen LogP contribution in [0.5, 0.6) is 5.75 Å². The van der Waals surface area contributed by atoms with E-state index in [2.05, 4.69) is 15.5 Å². The van der Waals surface area contributed by atoms with Crippen LogP contribution in [0.2, 0.25) is 0 Å². The Labute approximate surface area is 162 Å². The molecule has 0 aliphatic heterocycles. The van der Waals surface area contributed by atoms with Crippen molar-refractivity contribution in [2.45, 2.75) is 24.8 Å². The molecule has 8 nitrogen and oxygen atoms in total. The van der Waals surface area contributed by atoms with E-state index in [1.165, 1.54) is 12.1 Å². The van der Waals surface area contributed by atoms with Crippen molar-refractivity contribution in [1.82, 2.24) is 10.2 Å². The van der Waals surface area contributed by atoms with Crippen LogP contribution in [0.3, 0.4) is 0 Å². The Morgan fingerprint density at radius 2 is 1.82 bits per heavy atom. The van der Waals surface area contributed by atoms with Crippen molar-refractivity contribution in [2.75, 3.05) is 11.6 Å². The summed E-state index contributed by atoms with van der Waals surface area (Å²) in [6, 6.07) is 12.7. The summed E-state index contributed by atoms with van der Waals surface area (Å²) in [5.74, 6) is 0.343. The van der Waals surface area contributed by atoms with Gasteiger partial charge < -0.3 is 9.15 Å². The molecule has 146 valence electrons. The number of hydrogen-bond acceptors (Lipinski definition) is 7. The zero-order valence-corrected chi connectivity index (χ0v) is 16.4. The van der Waals surface area contributed by atoms with Crippen LogP contribution < -0.4 is 10.1 Å². The van der Waals surface area contributed by atoms with Crippen LogP contribution in [-0.4, -0.2) is 36.9 Å². The molecule has 1 N–H and O–H groups in total. The number of sulfone groups is 1. The average molecular weight is 401 g/mol. The van der Waals surface area contributed by atoms with Crippen molar-refractivity contribution in [1.29, 1.82) is 0 Å². The van der Waals surface area contributed by atoms with Gasteiger partial charge in [0.2, 0.25) is 5.89 Å². The van der Waals surface area contributed by atoms with Gasteiger partial charge in [-0.2, -0.15) is 0 Å². The summed E-state index contributed by atoms with van der Waals surface area (Å²) in [5.41, 5.74) is 0.834. The quantitative estimate of drug-likeness (QED) is 0.675. The number of amides is 1. The summed E-state index contributed by atoms with van der Waals surface area (Å²) in [5, 5.41) is 10.2. The van der Waals surface area contributed by atoms with Crippen LogP contribution in [0, 0.1) is 0 Å². The third kappa shape index (κ3) is 4.74. The Bertz CT molecular complexity index is 1090. The smallest absolute Gasteiger partial charge is 0.322 e. The second-order valence-corrected chi connectivity index (χ2v) is 8.37. The average Bonchev–Trinajstić information content (AvgIpc) is 3.10. The lowest BCUT2D eigenvalue weighted by Crippen LogP contribution is -2.12. The first-order valence-electron chi connectivity index (χ1n) is 8.44. The minimum atomic E-state index is -3.36. The van der Waals surface area contributed by atoms with Crippen molar-refractivity contribution in [3.63, 3.8) is 0 Å². The van der Waals surface area contributed by atoms with Crippen LogP contribution >= 0.6 is 0 Å². The molecule has 0 unspecified atom stereocenters. The monoisotopic (exact) mass is 401 g/mol. The number of aromatic nitrogens is 2. The highest BCUT2D eigenvalue weighted by atomic mass is 32.2. The van der Waals surface area contributed by atoms with E-state index in [-0.39, 0.29) is 22.9 Å². The molecular formula is C19H19N3O5S. The maximum Gasteiger partial charge on any atom is 0.322 e. The number of carbonyl (C=O) groups excluding carboxylic acids is 1. The van der Waals surface area contributed by atoms with Crippen LogP contribution in [0.25, 0.3) is 11.5 Å². The number of nitrogens with zero attached hydrogens (tertiary/aromatic N) is 2. The van der Waals surface area contributed by atoms with E-state index in [9.17, 15) is 13.2 Å². The molecule has 0 spiro atoms. The Morgan fingerprint density at radius 1 is 1.11 bits per heavy atom. The maximum atomic E-state index is 12.3. The van der Waals surface area contributed by atoms with Gasteiger partial charge in [-0.05, 0) is 56.3 Å².